The molecule has 0 heterocycles. The molecule has 0 saturated heterocycles. The first-order chi connectivity index (χ1) is 10.6. The molecular formula is C17H16BrNO3. The lowest BCUT2D eigenvalue weighted by molar-refractivity contribution is -0.111. The molecule has 0 fully saturated rings. The first-order valence-corrected chi connectivity index (χ1v) is 7.38. The van der Waals surface area contributed by atoms with Crippen LogP contribution in [0, 0.1) is 0 Å². The highest BCUT2D eigenvalue weighted by Gasteiger charge is 2.03. The Kier molecular flexibility index (Phi) is 5.61. The molecule has 4 nitrogen and oxygen atoms in total. The van der Waals surface area contributed by atoms with Crippen molar-refractivity contribution in [2.45, 2.75) is 0 Å². The van der Waals surface area contributed by atoms with Crippen LogP contribution in [0.3, 0.4) is 0 Å². The molecule has 0 aliphatic carbocycles. The van der Waals surface area contributed by atoms with Crippen LogP contribution in [0.5, 0.6) is 11.5 Å². The van der Waals surface area contributed by atoms with Crippen LogP contribution >= 0.6 is 15.9 Å². The first-order valence-electron chi connectivity index (χ1n) is 6.59. The summed E-state index contributed by atoms with van der Waals surface area (Å²) in [5.74, 6) is 1.08. The van der Waals surface area contributed by atoms with Gasteiger partial charge in [-0.25, -0.2) is 0 Å². The second-order valence-electron chi connectivity index (χ2n) is 4.44. The van der Waals surface area contributed by atoms with E-state index in [4.69, 9.17) is 9.47 Å². The molecule has 0 saturated carbocycles. The quantitative estimate of drug-likeness (QED) is 0.814. The van der Waals surface area contributed by atoms with Gasteiger partial charge in [-0.15, -0.1) is 0 Å². The van der Waals surface area contributed by atoms with Crippen LogP contribution in [-0.2, 0) is 4.79 Å². The Labute approximate surface area is 137 Å². The Balaban J connectivity index is 2.04. The molecule has 0 aliphatic rings. The summed E-state index contributed by atoms with van der Waals surface area (Å²) in [7, 11) is 3.16. The number of anilines is 1. The average molecular weight is 362 g/mol. The minimum atomic E-state index is -0.197. The molecule has 0 aliphatic heterocycles. The van der Waals surface area contributed by atoms with E-state index in [1.165, 1.54) is 6.08 Å². The summed E-state index contributed by atoms with van der Waals surface area (Å²) in [6, 6.07) is 12.8. The van der Waals surface area contributed by atoms with Crippen LogP contribution in [0.1, 0.15) is 5.56 Å². The van der Waals surface area contributed by atoms with Crippen molar-refractivity contribution in [1.29, 1.82) is 0 Å². The van der Waals surface area contributed by atoms with Crippen molar-refractivity contribution in [1.82, 2.24) is 0 Å². The summed E-state index contributed by atoms with van der Waals surface area (Å²) >= 11 is 3.35. The molecule has 0 radical (unpaired) electrons. The fraction of sp³-hybridized carbons (Fsp3) is 0.118. The van der Waals surface area contributed by atoms with Crippen molar-refractivity contribution in [3.05, 3.63) is 58.6 Å². The number of halogens is 1. The molecule has 2 aromatic carbocycles. The number of hydrogen-bond acceptors (Lipinski definition) is 3. The molecule has 5 heteroatoms. The third-order valence-corrected chi connectivity index (χ3v) is 3.48. The highest BCUT2D eigenvalue weighted by Crippen LogP contribution is 2.27. The van der Waals surface area contributed by atoms with Gasteiger partial charge in [-0.3, -0.25) is 4.79 Å². The zero-order valence-corrected chi connectivity index (χ0v) is 13.9. The van der Waals surface area contributed by atoms with Crippen LogP contribution in [0.2, 0.25) is 0 Å². The van der Waals surface area contributed by atoms with Crippen molar-refractivity contribution in [2.75, 3.05) is 19.5 Å². The van der Waals surface area contributed by atoms with Crippen molar-refractivity contribution < 1.29 is 14.3 Å². The Hall–Kier alpha value is -2.27. The molecule has 0 unspecified atom stereocenters. The number of amides is 1. The van der Waals surface area contributed by atoms with E-state index in [-0.39, 0.29) is 5.91 Å². The zero-order valence-electron chi connectivity index (χ0n) is 12.3. The van der Waals surface area contributed by atoms with E-state index < -0.39 is 0 Å². The summed E-state index contributed by atoms with van der Waals surface area (Å²) < 4.78 is 11.4. The van der Waals surface area contributed by atoms with Gasteiger partial charge in [-0.2, -0.15) is 0 Å². The molecule has 1 amide bonds. The minimum Gasteiger partial charge on any atom is -0.493 e. The summed E-state index contributed by atoms with van der Waals surface area (Å²) in [6.07, 6.45) is 3.19. The van der Waals surface area contributed by atoms with Crippen molar-refractivity contribution >= 4 is 33.6 Å². The first kappa shape index (κ1) is 16.1. The monoisotopic (exact) mass is 361 g/mol. The van der Waals surface area contributed by atoms with Crippen LogP contribution in [0.15, 0.2) is 53.0 Å². The van der Waals surface area contributed by atoms with Gasteiger partial charge in [0.25, 0.3) is 0 Å². The normalized spacial score (nSPS) is 10.5. The number of nitrogens with one attached hydrogen (secondary N) is 1. The summed E-state index contributed by atoms with van der Waals surface area (Å²) in [5, 5.41) is 2.79. The molecule has 114 valence electrons. The van der Waals surface area contributed by atoms with Crippen molar-refractivity contribution in [2.24, 2.45) is 0 Å². The summed E-state index contributed by atoms with van der Waals surface area (Å²) in [5.41, 5.74) is 1.59. The standard InChI is InChI=1S/C17H16BrNO3/c1-21-15-9-3-12(11-16(15)22-2)4-10-17(20)19-14-7-5-13(18)6-8-14/h3-11H,1-2H3,(H,19,20). The highest BCUT2D eigenvalue weighted by atomic mass is 79.9. The molecule has 0 atom stereocenters. The summed E-state index contributed by atoms with van der Waals surface area (Å²) in [6.45, 7) is 0. The van der Waals surface area contributed by atoms with Gasteiger partial charge in [0.1, 0.15) is 0 Å². The van der Waals surface area contributed by atoms with Crippen LogP contribution in [0.25, 0.3) is 6.08 Å². The molecule has 2 rings (SSSR count). The van der Waals surface area contributed by atoms with E-state index in [2.05, 4.69) is 21.2 Å². The van der Waals surface area contributed by atoms with E-state index in [9.17, 15) is 4.79 Å². The van der Waals surface area contributed by atoms with E-state index in [1.807, 2.05) is 36.4 Å². The second-order valence-corrected chi connectivity index (χ2v) is 5.36. The lowest BCUT2D eigenvalue weighted by Gasteiger charge is -2.07. The van der Waals surface area contributed by atoms with E-state index in [1.54, 1.807) is 26.4 Å². The maximum absolute atomic E-state index is 11.9. The van der Waals surface area contributed by atoms with E-state index >= 15 is 0 Å². The number of carbonyl (C=O) groups is 1. The van der Waals surface area contributed by atoms with Crippen LogP contribution in [-0.4, -0.2) is 20.1 Å². The van der Waals surface area contributed by atoms with E-state index in [0.29, 0.717) is 11.5 Å². The average Bonchev–Trinajstić information content (AvgIpc) is 2.54. The fourth-order valence-corrected chi connectivity index (χ4v) is 2.11. The van der Waals surface area contributed by atoms with Crippen LogP contribution < -0.4 is 14.8 Å². The van der Waals surface area contributed by atoms with Gasteiger partial charge in [-0.05, 0) is 48.0 Å². The third kappa shape index (κ3) is 4.36. The predicted octanol–water partition coefficient (Wildman–Crippen LogP) is 4.12. The Morgan fingerprint density at radius 1 is 1.05 bits per heavy atom. The highest BCUT2D eigenvalue weighted by molar-refractivity contribution is 9.10. The van der Waals surface area contributed by atoms with E-state index in [0.717, 1.165) is 15.7 Å². The number of hydrogen-bond donors (Lipinski definition) is 1. The Morgan fingerprint density at radius 2 is 1.73 bits per heavy atom. The Bertz CT molecular complexity index is 681. The Morgan fingerprint density at radius 3 is 2.36 bits per heavy atom. The largest absolute Gasteiger partial charge is 0.493 e. The van der Waals surface area contributed by atoms with Gasteiger partial charge in [-0.1, -0.05) is 22.0 Å². The maximum atomic E-state index is 11.9. The van der Waals surface area contributed by atoms with Gasteiger partial charge < -0.3 is 14.8 Å². The SMILES string of the molecule is COc1ccc(C=CC(=O)Nc2ccc(Br)cc2)cc1OC. The number of methoxy groups -OCH3 is 2. The molecule has 1 N–H and O–H groups in total. The minimum absolute atomic E-state index is 0.197. The van der Waals surface area contributed by atoms with Crippen molar-refractivity contribution in [3.63, 3.8) is 0 Å². The van der Waals surface area contributed by atoms with Gasteiger partial charge in [0.05, 0.1) is 14.2 Å². The van der Waals surface area contributed by atoms with Gasteiger partial charge in [0.15, 0.2) is 11.5 Å². The van der Waals surface area contributed by atoms with Crippen molar-refractivity contribution in [3.8, 4) is 11.5 Å². The molecule has 2 aromatic rings. The molecule has 0 aromatic heterocycles. The summed E-state index contributed by atoms with van der Waals surface area (Å²) in [4.78, 5) is 11.9. The molecular weight excluding hydrogens is 346 g/mol. The van der Waals surface area contributed by atoms with Gasteiger partial charge >= 0.3 is 0 Å². The number of ether oxygens (including phenoxy) is 2. The van der Waals surface area contributed by atoms with Crippen LogP contribution in [0.4, 0.5) is 5.69 Å². The number of rotatable bonds is 5. The number of benzene rings is 2. The smallest absolute Gasteiger partial charge is 0.248 e. The second kappa shape index (κ2) is 7.66. The lowest BCUT2D eigenvalue weighted by atomic mass is 10.2. The maximum Gasteiger partial charge on any atom is 0.248 e. The number of carbonyl (C=O) groups excluding carboxylic acids is 1. The topological polar surface area (TPSA) is 47.6 Å². The fourth-order valence-electron chi connectivity index (χ4n) is 1.85. The molecule has 0 spiro atoms. The van der Waals surface area contributed by atoms with Gasteiger partial charge in [0, 0.05) is 16.2 Å². The van der Waals surface area contributed by atoms with Gasteiger partial charge in [0.2, 0.25) is 5.91 Å². The molecule has 22 heavy (non-hydrogen) atoms. The lowest BCUT2D eigenvalue weighted by Crippen LogP contribution is -2.07. The molecule has 0 bridgehead atoms. The third-order valence-electron chi connectivity index (χ3n) is 2.95. The predicted molar refractivity (Wildman–Crippen MR) is 91.4 cm³/mol. The zero-order chi connectivity index (χ0) is 15.9.